The standard InChI is InChI=1S/C21H25NO3/c1-15-6-4-7-17(12-15)18-8-5-11-22(18)21(23)14-16-9-10-19(24-2)20(13-16)25-3/h4,6-7,9-10,12-13,18H,5,8,11,14H2,1-3H3. The molecule has 0 bridgehead atoms. The van der Waals surface area contributed by atoms with Gasteiger partial charge in [-0.1, -0.05) is 35.9 Å². The number of rotatable bonds is 5. The van der Waals surface area contributed by atoms with Gasteiger partial charge in [-0.2, -0.15) is 0 Å². The van der Waals surface area contributed by atoms with Crippen molar-refractivity contribution in [2.24, 2.45) is 0 Å². The van der Waals surface area contributed by atoms with Crippen molar-refractivity contribution in [3.8, 4) is 11.5 Å². The van der Waals surface area contributed by atoms with Crippen LogP contribution in [0.1, 0.15) is 35.6 Å². The van der Waals surface area contributed by atoms with Crippen molar-refractivity contribution >= 4 is 5.91 Å². The molecule has 1 saturated heterocycles. The summed E-state index contributed by atoms with van der Waals surface area (Å²) < 4.78 is 10.6. The molecule has 3 rings (SSSR count). The van der Waals surface area contributed by atoms with Gasteiger partial charge < -0.3 is 14.4 Å². The summed E-state index contributed by atoms with van der Waals surface area (Å²) >= 11 is 0. The number of likely N-dealkylation sites (tertiary alicyclic amines) is 1. The number of ether oxygens (including phenoxy) is 2. The van der Waals surface area contributed by atoms with Gasteiger partial charge in [0.2, 0.25) is 5.91 Å². The summed E-state index contributed by atoms with van der Waals surface area (Å²) in [5.74, 6) is 1.50. The maximum Gasteiger partial charge on any atom is 0.227 e. The molecule has 0 aliphatic carbocycles. The predicted molar refractivity (Wildman–Crippen MR) is 98.1 cm³/mol. The summed E-state index contributed by atoms with van der Waals surface area (Å²) in [6.45, 7) is 2.92. The molecule has 1 fully saturated rings. The van der Waals surface area contributed by atoms with Crippen molar-refractivity contribution in [2.75, 3.05) is 20.8 Å². The van der Waals surface area contributed by atoms with E-state index in [1.165, 1.54) is 11.1 Å². The van der Waals surface area contributed by atoms with Gasteiger partial charge in [-0.05, 0) is 43.0 Å². The molecule has 1 unspecified atom stereocenters. The topological polar surface area (TPSA) is 38.8 Å². The summed E-state index contributed by atoms with van der Waals surface area (Å²) in [4.78, 5) is 14.9. The molecule has 4 heteroatoms. The van der Waals surface area contributed by atoms with Crippen LogP contribution in [0.5, 0.6) is 11.5 Å². The first-order valence-corrected chi connectivity index (χ1v) is 8.69. The van der Waals surface area contributed by atoms with Crippen LogP contribution in [-0.4, -0.2) is 31.6 Å². The largest absolute Gasteiger partial charge is 0.493 e. The van der Waals surface area contributed by atoms with Crippen molar-refractivity contribution in [3.05, 3.63) is 59.2 Å². The first-order chi connectivity index (χ1) is 12.1. The van der Waals surface area contributed by atoms with E-state index in [1.807, 2.05) is 23.1 Å². The minimum atomic E-state index is 0.163. The summed E-state index contributed by atoms with van der Waals surface area (Å²) in [7, 11) is 3.22. The summed E-state index contributed by atoms with van der Waals surface area (Å²) in [6, 6.07) is 14.3. The number of hydrogen-bond donors (Lipinski definition) is 0. The van der Waals surface area contributed by atoms with E-state index in [0.29, 0.717) is 17.9 Å². The van der Waals surface area contributed by atoms with Crippen LogP contribution in [0.4, 0.5) is 0 Å². The Hall–Kier alpha value is -2.49. The van der Waals surface area contributed by atoms with E-state index in [4.69, 9.17) is 9.47 Å². The zero-order chi connectivity index (χ0) is 17.8. The fourth-order valence-electron chi connectivity index (χ4n) is 3.56. The number of benzene rings is 2. The zero-order valence-corrected chi connectivity index (χ0v) is 15.1. The number of methoxy groups -OCH3 is 2. The Kier molecular flexibility index (Phi) is 5.27. The molecule has 0 saturated carbocycles. The molecule has 1 amide bonds. The second kappa shape index (κ2) is 7.60. The smallest absolute Gasteiger partial charge is 0.227 e. The number of nitrogens with zero attached hydrogens (tertiary/aromatic N) is 1. The summed E-state index contributed by atoms with van der Waals surface area (Å²) in [5, 5.41) is 0. The quantitative estimate of drug-likeness (QED) is 0.829. The summed E-state index contributed by atoms with van der Waals surface area (Å²) in [5.41, 5.74) is 3.41. The number of aryl methyl sites for hydroxylation is 1. The molecular weight excluding hydrogens is 314 g/mol. The highest BCUT2D eigenvalue weighted by molar-refractivity contribution is 5.79. The fraction of sp³-hybridized carbons (Fsp3) is 0.381. The van der Waals surface area contributed by atoms with Crippen LogP contribution < -0.4 is 9.47 Å². The van der Waals surface area contributed by atoms with Crippen LogP contribution in [0, 0.1) is 6.92 Å². The van der Waals surface area contributed by atoms with E-state index in [-0.39, 0.29) is 11.9 Å². The Morgan fingerprint density at radius 2 is 1.92 bits per heavy atom. The Labute approximate surface area is 149 Å². The molecule has 2 aromatic carbocycles. The van der Waals surface area contributed by atoms with Gasteiger partial charge in [0, 0.05) is 6.54 Å². The normalized spacial score (nSPS) is 16.8. The van der Waals surface area contributed by atoms with E-state index < -0.39 is 0 Å². The van der Waals surface area contributed by atoms with Crippen molar-refractivity contribution < 1.29 is 14.3 Å². The Morgan fingerprint density at radius 1 is 1.12 bits per heavy atom. The number of amides is 1. The third kappa shape index (κ3) is 3.78. The molecule has 0 radical (unpaired) electrons. The lowest BCUT2D eigenvalue weighted by atomic mass is 10.0. The van der Waals surface area contributed by atoms with Crippen LogP contribution in [-0.2, 0) is 11.2 Å². The molecule has 4 nitrogen and oxygen atoms in total. The molecule has 2 aromatic rings. The molecule has 1 aliphatic heterocycles. The van der Waals surface area contributed by atoms with Gasteiger partial charge in [-0.3, -0.25) is 4.79 Å². The van der Waals surface area contributed by atoms with Gasteiger partial charge >= 0.3 is 0 Å². The van der Waals surface area contributed by atoms with E-state index in [9.17, 15) is 4.79 Å². The van der Waals surface area contributed by atoms with Gasteiger partial charge in [-0.15, -0.1) is 0 Å². The number of carbonyl (C=O) groups excluding carboxylic acids is 1. The van der Waals surface area contributed by atoms with Gasteiger partial charge in [-0.25, -0.2) is 0 Å². The third-order valence-corrected chi connectivity index (χ3v) is 4.80. The number of carbonyl (C=O) groups is 1. The highest BCUT2D eigenvalue weighted by atomic mass is 16.5. The van der Waals surface area contributed by atoms with E-state index in [2.05, 4.69) is 31.2 Å². The molecule has 132 valence electrons. The maximum absolute atomic E-state index is 12.9. The van der Waals surface area contributed by atoms with Crippen LogP contribution >= 0.6 is 0 Å². The van der Waals surface area contributed by atoms with Crippen molar-refractivity contribution in [2.45, 2.75) is 32.2 Å². The Bertz CT molecular complexity index is 757. The van der Waals surface area contributed by atoms with Gasteiger partial charge in [0.1, 0.15) is 0 Å². The molecule has 0 N–H and O–H groups in total. The SMILES string of the molecule is COc1ccc(CC(=O)N2CCCC2c2cccc(C)c2)cc1OC. The van der Waals surface area contributed by atoms with Gasteiger partial charge in [0.05, 0.1) is 26.7 Å². The Morgan fingerprint density at radius 3 is 2.64 bits per heavy atom. The zero-order valence-electron chi connectivity index (χ0n) is 15.1. The molecule has 0 aromatic heterocycles. The lowest BCUT2D eigenvalue weighted by molar-refractivity contribution is -0.131. The second-order valence-corrected chi connectivity index (χ2v) is 6.53. The van der Waals surface area contributed by atoms with E-state index >= 15 is 0 Å². The summed E-state index contributed by atoms with van der Waals surface area (Å²) in [6.07, 6.45) is 2.46. The molecule has 1 aliphatic rings. The average Bonchev–Trinajstić information content (AvgIpc) is 3.11. The van der Waals surface area contributed by atoms with Crippen molar-refractivity contribution in [3.63, 3.8) is 0 Å². The minimum absolute atomic E-state index is 0.163. The van der Waals surface area contributed by atoms with E-state index in [1.54, 1.807) is 14.2 Å². The number of hydrogen-bond acceptors (Lipinski definition) is 3. The van der Waals surface area contributed by atoms with Crippen LogP contribution in [0.15, 0.2) is 42.5 Å². The van der Waals surface area contributed by atoms with Gasteiger partial charge in [0.25, 0.3) is 0 Å². The monoisotopic (exact) mass is 339 g/mol. The lowest BCUT2D eigenvalue weighted by Crippen LogP contribution is -2.31. The third-order valence-electron chi connectivity index (χ3n) is 4.80. The van der Waals surface area contributed by atoms with Crippen LogP contribution in [0.3, 0.4) is 0 Å². The molecule has 1 atom stereocenters. The molecule has 1 heterocycles. The second-order valence-electron chi connectivity index (χ2n) is 6.53. The van der Waals surface area contributed by atoms with Crippen LogP contribution in [0.2, 0.25) is 0 Å². The lowest BCUT2D eigenvalue weighted by Gasteiger charge is -2.25. The first-order valence-electron chi connectivity index (χ1n) is 8.69. The van der Waals surface area contributed by atoms with Gasteiger partial charge in [0.15, 0.2) is 11.5 Å². The van der Waals surface area contributed by atoms with Crippen LogP contribution in [0.25, 0.3) is 0 Å². The highest BCUT2D eigenvalue weighted by Crippen LogP contribution is 2.33. The predicted octanol–water partition coefficient (Wildman–Crippen LogP) is 3.92. The molecule has 0 spiro atoms. The van der Waals surface area contributed by atoms with E-state index in [0.717, 1.165) is 24.9 Å². The molecular formula is C21H25NO3. The van der Waals surface area contributed by atoms with Crippen molar-refractivity contribution in [1.82, 2.24) is 4.90 Å². The first kappa shape index (κ1) is 17.3. The molecule has 25 heavy (non-hydrogen) atoms. The minimum Gasteiger partial charge on any atom is -0.493 e. The average molecular weight is 339 g/mol. The Balaban J connectivity index is 1.76. The fourth-order valence-corrected chi connectivity index (χ4v) is 3.56. The highest BCUT2D eigenvalue weighted by Gasteiger charge is 2.29. The maximum atomic E-state index is 12.9. The van der Waals surface area contributed by atoms with Crippen molar-refractivity contribution in [1.29, 1.82) is 0 Å².